The molecule has 0 saturated carbocycles. The number of hydrogen-bond donors (Lipinski definition) is 1. The first-order valence-electron chi connectivity index (χ1n) is 8.56. The maximum absolute atomic E-state index is 12.0. The van der Waals surface area contributed by atoms with Gasteiger partial charge in [-0.05, 0) is 12.8 Å². The van der Waals surface area contributed by atoms with E-state index in [1.165, 1.54) is 30.6 Å². The molecule has 1 aromatic carbocycles. The number of amides is 1. The average molecular weight is 391 g/mol. The van der Waals surface area contributed by atoms with Crippen LogP contribution in [0.4, 0.5) is 10.8 Å². The Hall–Kier alpha value is -2.81. The van der Waals surface area contributed by atoms with Crippen molar-refractivity contribution in [2.24, 2.45) is 0 Å². The molecule has 1 amide bonds. The Morgan fingerprint density at radius 1 is 1.22 bits per heavy atom. The molecule has 9 heteroatoms. The fourth-order valence-corrected chi connectivity index (χ4v) is 3.17. The molecule has 27 heavy (non-hydrogen) atoms. The van der Waals surface area contributed by atoms with Crippen LogP contribution < -0.4 is 5.32 Å². The van der Waals surface area contributed by atoms with Crippen molar-refractivity contribution in [1.29, 1.82) is 0 Å². The van der Waals surface area contributed by atoms with Gasteiger partial charge in [-0.1, -0.05) is 25.0 Å². The van der Waals surface area contributed by atoms with Gasteiger partial charge >= 0.3 is 5.97 Å². The van der Waals surface area contributed by atoms with Crippen LogP contribution in [0.2, 0.25) is 0 Å². The predicted molar refractivity (Wildman–Crippen MR) is 103 cm³/mol. The molecule has 8 nitrogen and oxygen atoms in total. The number of nitrogens with zero attached hydrogens (tertiary/aromatic N) is 2. The van der Waals surface area contributed by atoms with E-state index in [4.69, 9.17) is 0 Å². The monoisotopic (exact) mass is 391 g/mol. The van der Waals surface area contributed by atoms with Crippen molar-refractivity contribution in [1.82, 2.24) is 4.98 Å². The van der Waals surface area contributed by atoms with Crippen LogP contribution in [0.25, 0.3) is 11.3 Å². The van der Waals surface area contributed by atoms with Crippen molar-refractivity contribution in [2.45, 2.75) is 38.5 Å². The van der Waals surface area contributed by atoms with Crippen molar-refractivity contribution >= 4 is 34.0 Å². The van der Waals surface area contributed by atoms with Crippen LogP contribution >= 0.6 is 11.3 Å². The Kier molecular flexibility index (Phi) is 7.87. The van der Waals surface area contributed by atoms with Gasteiger partial charge in [0.05, 0.1) is 17.7 Å². The smallest absolute Gasteiger partial charge is 0.305 e. The Bertz CT molecular complexity index is 806. The molecule has 0 bridgehead atoms. The largest absolute Gasteiger partial charge is 0.469 e. The molecule has 0 aliphatic rings. The number of nitro groups is 1. The molecule has 0 aliphatic carbocycles. The Morgan fingerprint density at radius 3 is 2.67 bits per heavy atom. The predicted octanol–water partition coefficient (Wildman–Crippen LogP) is 4.17. The standard InChI is InChI=1S/C18H21N3O5S/c1-26-17(23)10-5-3-2-4-9-16(22)20-18-19-15(12-27-18)13-7-6-8-14(11-13)21(24)25/h6-8,11-12H,2-5,9-10H2,1H3,(H,19,20,22). The van der Waals surface area contributed by atoms with Crippen molar-refractivity contribution in [3.63, 3.8) is 0 Å². The number of carbonyl (C=O) groups excluding carboxylic acids is 2. The van der Waals surface area contributed by atoms with Crippen LogP contribution in [-0.2, 0) is 14.3 Å². The third-order valence-electron chi connectivity index (χ3n) is 3.87. The minimum atomic E-state index is -0.455. The van der Waals surface area contributed by atoms with Gasteiger partial charge in [-0.25, -0.2) is 4.98 Å². The van der Waals surface area contributed by atoms with E-state index in [0.29, 0.717) is 29.2 Å². The summed E-state index contributed by atoms with van der Waals surface area (Å²) in [4.78, 5) is 37.7. The number of anilines is 1. The molecule has 1 N–H and O–H groups in total. The highest BCUT2D eigenvalue weighted by Gasteiger charge is 2.11. The van der Waals surface area contributed by atoms with Gasteiger partial charge in [-0.2, -0.15) is 0 Å². The van der Waals surface area contributed by atoms with E-state index in [9.17, 15) is 19.7 Å². The first-order valence-corrected chi connectivity index (χ1v) is 9.44. The van der Waals surface area contributed by atoms with Crippen LogP contribution in [0.3, 0.4) is 0 Å². The summed E-state index contributed by atoms with van der Waals surface area (Å²) < 4.78 is 4.57. The summed E-state index contributed by atoms with van der Waals surface area (Å²) in [6.07, 6.45) is 4.01. The minimum Gasteiger partial charge on any atom is -0.469 e. The molecule has 2 rings (SSSR count). The second-order valence-corrected chi connectivity index (χ2v) is 6.74. The van der Waals surface area contributed by atoms with Gasteiger partial charge in [-0.3, -0.25) is 19.7 Å². The van der Waals surface area contributed by atoms with Gasteiger partial charge in [0, 0.05) is 35.9 Å². The van der Waals surface area contributed by atoms with Gasteiger partial charge in [0.25, 0.3) is 5.69 Å². The Balaban J connectivity index is 1.77. The fraction of sp³-hybridized carbons (Fsp3) is 0.389. The van der Waals surface area contributed by atoms with Crippen LogP contribution in [0.1, 0.15) is 38.5 Å². The number of benzene rings is 1. The van der Waals surface area contributed by atoms with E-state index >= 15 is 0 Å². The lowest BCUT2D eigenvalue weighted by molar-refractivity contribution is -0.384. The van der Waals surface area contributed by atoms with E-state index in [2.05, 4.69) is 15.0 Å². The van der Waals surface area contributed by atoms with E-state index in [0.717, 1.165) is 25.7 Å². The summed E-state index contributed by atoms with van der Waals surface area (Å²) in [7, 11) is 1.37. The number of ether oxygens (including phenoxy) is 1. The van der Waals surface area contributed by atoms with E-state index in [1.807, 2.05) is 0 Å². The summed E-state index contributed by atoms with van der Waals surface area (Å²) >= 11 is 1.28. The van der Waals surface area contributed by atoms with Crippen molar-refractivity contribution < 1.29 is 19.2 Å². The van der Waals surface area contributed by atoms with Gasteiger partial charge in [0.15, 0.2) is 5.13 Å². The first-order chi connectivity index (χ1) is 13.0. The molecule has 0 aliphatic heterocycles. The number of nitrogens with one attached hydrogen (secondary N) is 1. The third kappa shape index (κ3) is 6.78. The zero-order valence-electron chi connectivity index (χ0n) is 15.0. The summed E-state index contributed by atoms with van der Waals surface area (Å²) in [5.74, 6) is -0.334. The fourth-order valence-electron chi connectivity index (χ4n) is 2.43. The number of esters is 1. The SMILES string of the molecule is COC(=O)CCCCCCC(=O)Nc1nc(-c2cccc([N+](=O)[O-])c2)cs1. The third-order valence-corrected chi connectivity index (χ3v) is 4.62. The number of non-ortho nitro benzene ring substituents is 1. The van der Waals surface area contributed by atoms with Crippen LogP contribution in [-0.4, -0.2) is 28.9 Å². The second-order valence-electron chi connectivity index (χ2n) is 5.88. The second kappa shape index (κ2) is 10.4. The molecule has 144 valence electrons. The summed E-state index contributed by atoms with van der Waals surface area (Å²) in [6, 6.07) is 6.21. The van der Waals surface area contributed by atoms with Crippen LogP contribution in [0.15, 0.2) is 29.6 Å². The topological polar surface area (TPSA) is 111 Å². The Morgan fingerprint density at radius 2 is 1.96 bits per heavy atom. The maximum atomic E-state index is 12.0. The average Bonchev–Trinajstić information content (AvgIpc) is 3.12. The molecular weight excluding hydrogens is 370 g/mol. The normalized spacial score (nSPS) is 10.4. The number of thiazole rings is 1. The van der Waals surface area contributed by atoms with Crippen molar-refractivity contribution in [3.05, 3.63) is 39.8 Å². The van der Waals surface area contributed by atoms with Crippen molar-refractivity contribution in [3.8, 4) is 11.3 Å². The molecule has 2 aromatic rings. The lowest BCUT2D eigenvalue weighted by Crippen LogP contribution is -2.10. The molecule has 0 saturated heterocycles. The zero-order valence-corrected chi connectivity index (χ0v) is 15.8. The molecule has 0 radical (unpaired) electrons. The van der Waals surface area contributed by atoms with Gasteiger partial charge < -0.3 is 10.1 Å². The zero-order chi connectivity index (χ0) is 19.6. The highest BCUT2D eigenvalue weighted by Crippen LogP contribution is 2.27. The number of nitro benzene ring substituents is 1. The van der Waals surface area contributed by atoms with Crippen molar-refractivity contribution in [2.75, 3.05) is 12.4 Å². The number of hydrogen-bond acceptors (Lipinski definition) is 7. The lowest BCUT2D eigenvalue weighted by atomic mass is 10.1. The van der Waals surface area contributed by atoms with E-state index in [1.54, 1.807) is 17.5 Å². The maximum Gasteiger partial charge on any atom is 0.305 e. The number of carbonyl (C=O) groups is 2. The van der Waals surface area contributed by atoms with Gasteiger partial charge in [0.2, 0.25) is 5.91 Å². The highest BCUT2D eigenvalue weighted by atomic mass is 32.1. The first kappa shape index (κ1) is 20.5. The van der Waals surface area contributed by atoms with Crippen LogP contribution in [0, 0.1) is 10.1 Å². The lowest BCUT2D eigenvalue weighted by Gasteiger charge is -2.02. The number of unbranched alkanes of at least 4 members (excludes halogenated alkanes) is 3. The van der Waals surface area contributed by atoms with Gasteiger partial charge in [-0.15, -0.1) is 11.3 Å². The summed E-state index contributed by atoms with van der Waals surface area (Å²) in [6.45, 7) is 0. The molecular formula is C18H21N3O5S. The molecule has 1 heterocycles. The summed E-state index contributed by atoms with van der Waals surface area (Å²) in [5, 5.41) is 15.8. The minimum absolute atomic E-state index is 0.00159. The molecule has 0 spiro atoms. The summed E-state index contributed by atoms with van der Waals surface area (Å²) in [5.41, 5.74) is 1.21. The number of rotatable bonds is 10. The quantitative estimate of drug-likeness (QED) is 0.282. The Labute approximate surface area is 160 Å². The number of aromatic nitrogens is 1. The van der Waals surface area contributed by atoms with Crippen LogP contribution in [0.5, 0.6) is 0 Å². The van der Waals surface area contributed by atoms with Gasteiger partial charge in [0.1, 0.15) is 0 Å². The molecule has 1 aromatic heterocycles. The van der Waals surface area contributed by atoms with E-state index < -0.39 is 4.92 Å². The molecule has 0 fully saturated rings. The highest BCUT2D eigenvalue weighted by molar-refractivity contribution is 7.14. The van der Waals surface area contributed by atoms with E-state index in [-0.39, 0.29) is 17.6 Å². The number of methoxy groups -OCH3 is 1. The molecule has 0 unspecified atom stereocenters. The molecule has 0 atom stereocenters.